The third-order valence-corrected chi connectivity index (χ3v) is 3.52. The van der Waals surface area contributed by atoms with Crippen LogP contribution in [0.2, 0.25) is 0 Å². The zero-order chi connectivity index (χ0) is 16.9. The third-order valence-electron chi connectivity index (χ3n) is 3.52. The smallest absolute Gasteiger partial charge is 0.270 e. The van der Waals surface area contributed by atoms with Crippen molar-refractivity contribution in [2.24, 2.45) is 0 Å². The van der Waals surface area contributed by atoms with Crippen LogP contribution in [0.5, 0.6) is 11.5 Å². The van der Waals surface area contributed by atoms with Crippen LogP contribution in [0, 0.1) is 10.1 Å². The first-order valence-corrected chi connectivity index (χ1v) is 7.24. The van der Waals surface area contributed by atoms with Crippen molar-refractivity contribution in [3.8, 4) is 22.6 Å². The van der Waals surface area contributed by atoms with E-state index < -0.39 is 4.92 Å². The van der Waals surface area contributed by atoms with Crippen molar-refractivity contribution in [1.29, 1.82) is 0 Å². The van der Waals surface area contributed by atoms with Crippen molar-refractivity contribution in [1.82, 2.24) is 0 Å². The molecule has 0 aromatic heterocycles. The maximum atomic E-state index is 11.1. The Bertz CT molecular complexity index is 874. The summed E-state index contributed by atoms with van der Waals surface area (Å²) >= 11 is 0. The van der Waals surface area contributed by atoms with Gasteiger partial charge in [0.05, 0.1) is 10.5 Å². The Balaban J connectivity index is 1.84. The SMILES string of the molecule is O=Cc1cc([N+](=O)[O-])ccc1Oc1ccc(-c2ccccc2)cc1. The lowest BCUT2D eigenvalue weighted by molar-refractivity contribution is -0.384. The maximum absolute atomic E-state index is 11.1. The molecule has 0 heterocycles. The van der Waals surface area contributed by atoms with Gasteiger partial charge in [0.15, 0.2) is 6.29 Å². The first kappa shape index (κ1) is 15.4. The number of benzene rings is 3. The van der Waals surface area contributed by atoms with Crippen molar-refractivity contribution in [3.63, 3.8) is 0 Å². The summed E-state index contributed by atoms with van der Waals surface area (Å²) < 4.78 is 5.67. The van der Waals surface area contributed by atoms with Crippen molar-refractivity contribution in [3.05, 3.63) is 88.5 Å². The molecule has 0 bridgehead atoms. The summed E-state index contributed by atoms with van der Waals surface area (Å²) in [6.45, 7) is 0. The molecule has 0 spiro atoms. The minimum absolute atomic E-state index is 0.135. The largest absolute Gasteiger partial charge is 0.457 e. The number of carbonyl (C=O) groups excluding carboxylic acids is 1. The lowest BCUT2D eigenvalue weighted by Crippen LogP contribution is -1.94. The Morgan fingerprint density at radius 1 is 0.875 bits per heavy atom. The van der Waals surface area contributed by atoms with Gasteiger partial charge in [-0.05, 0) is 29.3 Å². The Morgan fingerprint density at radius 3 is 2.17 bits per heavy atom. The van der Waals surface area contributed by atoms with Crippen LogP contribution in [-0.2, 0) is 0 Å². The van der Waals surface area contributed by atoms with Crippen LogP contribution in [0.1, 0.15) is 10.4 Å². The average molecular weight is 319 g/mol. The highest BCUT2D eigenvalue weighted by Crippen LogP contribution is 2.29. The first-order chi connectivity index (χ1) is 11.7. The van der Waals surface area contributed by atoms with E-state index in [1.165, 1.54) is 18.2 Å². The summed E-state index contributed by atoms with van der Waals surface area (Å²) in [6, 6.07) is 21.2. The molecule has 5 nitrogen and oxygen atoms in total. The van der Waals surface area contributed by atoms with Crippen molar-refractivity contribution in [2.45, 2.75) is 0 Å². The van der Waals surface area contributed by atoms with E-state index in [0.29, 0.717) is 12.0 Å². The van der Waals surface area contributed by atoms with Gasteiger partial charge < -0.3 is 4.74 Å². The van der Waals surface area contributed by atoms with E-state index in [-0.39, 0.29) is 17.0 Å². The van der Waals surface area contributed by atoms with Gasteiger partial charge in [-0.2, -0.15) is 0 Å². The number of ether oxygens (including phenoxy) is 1. The number of non-ortho nitro benzene ring substituents is 1. The molecule has 3 aromatic carbocycles. The maximum Gasteiger partial charge on any atom is 0.270 e. The number of aldehydes is 1. The van der Waals surface area contributed by atoms with Gasteiger partial charge in [-0.25, -0.2) is 0 Å². The highest BCUT2D eigenvalue weighted by Gasteiger charge is 2.12. The second kappa shape index (κ2) is 6.75. The van der Waals surface area contributed by atoms with Gasteiger partial charge in [0.1, 0.15) is 11.5 Å². The third kappa shape index (κ3) is 3.30. The van der Waals surface area contributed by atoms with Crippen LogP contribution in [0.3, 0.4) is 0 Å². The topological polar surface area (TPSA) is 69.4 Å². The van der Waals surface area contributed by atoms with Crippen molar-refractivity contribution >= 4 is 12.0 Å². The molecule has 0 N–H and O–H groups in total. The lowest BCUT2D eigenvalue weighted by atomic mass is 10.1. The minimum Gasteiger partial charge on any atom is -0.457 e. The fraction of sp³-hybridized carbons (Fsp3) is 0. The highest BCUT2D eigenvalue weighted by molar-refractivity contribution is 5.81. The number of nitrogens with zero attached hydrogens (tertiary/aromatic N) is 1. The van der Waals surface area contributed by atoms with Crippen LogP contribution < -0.4 is 4.74 Å². The molecule has 0 atom stereocenters. The molecular formula is C19H13NO4. The molecule has 0 aliphatic heterocycles. The quantitative estimate of drug-likeness (QED) is 0.382. The highest BCUT2D eigenvalue weighted by atomic mass is 16.6. The molecule has 118 valence electrons. The Morgan fingerprint density at radius 2 is 1.54 bits per heavy atom. The van der Waals surface area contributed by atoms with Gasteiger partial charge >= 0.3 is 0 Å². The predicted molar refractivity (Wildman–Crippen MR) is 90.4 cm³/mol. The molecular weight excluding hydrogens is 306 g/mol. The van der Waals surface area contributed by atoms with Gasteiger partial charge in [-0.3, -0.25) is 14.9 Å². The number of carbonyl (C=O) groups is 1. The van der Waals surface area contributed by atoms with E-state index in [4.69, 9.17) is 4.74 Å². The van der Waals surface area contributed by atoms with Crippen LogP contribution in [0.15, 0.2) is 72.8 Å². The number of hydrogen-bond acceptors (Lipinski definition) is 4. The van der Waals surface area contributed by atoms with Crippen molar-refractivity contribution in [2.75, 3.05) is 0 Å². The first-order valence-electron chi connectivity index (χ1n) is 7.24. The molecule has 24 heavy (non-hydrogen) atoms. The summed E-state index contributed by atoms with van der Waals surface area (Å²) in [5.41, 5.74) is 2.12. The zero-order valence-electron chi connectivity index (χ0n) is 12.6. The standard InChI is InChI=1S/C19H13NO4/c21-13-16-12-17(20(22)23)8-11-19(16)24-18-9-6-15(7-10-18)14-4-2-1-3-5-14/h1-13H. The fourth-order valence-electron chi connectivity index (χ4n) is 2.31. The van der Waals surface area contributed by atoms with E-state index in [1.54, 1.807) is 12.1 Å². The number of rotatable bonds is 5. The summed E-state index contributed by atoms with van der Waals surface area (Å²) in [6.07, 6.45) is 0.542. The van der Waals surface area contributed by atoms with E-state index >= 15 is 0 Å². The number of nitro benzene ring substituents is 1. The molecule has 3 rings (SSSR count). The molecule has 0 aliphatic rings. The average Bonchev–Trinajstić information content (AvgIpc) is 2.63. The van der Waals surface area contributed by atoms with E-state index in [0.717, 1.165) is 11.1 Å². The Hall–Kier alpha value is -3.47. The van der Waals surface area contributed by atoms with Crippen LogP contribution in [0.25, 0.3) is 11.1 Å². The summed E-state index contributed by atoms with van der Waals surface area (Å²) in [5, 5.41) is 10.8. The summed E-state index contributed by atoms with van der Waals surface area (Å²) in [5.74, 6) is 0.828. The van der Waals surface area contributed by atoms with E-state index in [1.807, 2.05) is 42.5 Å². The van der Waals surface area contributed by atoms with Crippen LogP contribution >= 0.6 is 0 Å². The molecule has 0 saturated carbocycles. The normalized spacial score (nSPS) is 10.2. The van der Waals surface area contributed by atoms with Gasteiger partial charge in [0.2, 0.25) is 0 Å². The number of hydrogen-bond donors (Lipinski definition) is 0. The molecule has 0 amide bonds. The van der Waals surface area contributed by atoms with E-state index in [9.17, 15) is 14.9 Å². The summed E-state index contributed by atoms with van der Waals surface area (Å²) in [4.78, 5) is 21.3. The van der Waals surface area contributed by atoms with Gasteiger partial charge in [-0.1, -0.05) is 42.5 Å². The van der Waals surface area contributed by atoms with E-state index in [2.05, 4.69) is 0 Å². The van der Waals surface area contributed by atoms with Crippen LogP contribution in [0.4, 0.5) is 5.69 Å². The zero-order valence-corrected chi connectivity index (χ0v) is 12.6. The second-order valence-corrected chi connectivity index (χ2v) is 5.09. The number of nitro groups is 1. The molecule has 3 aromatic rings. The molecule has 0 unspecified atom stereocenters. The van der Waals surface area contributed by atoms with Gasteiger partial charge in [0, 0.05) is 12.1 Å². The lowest BCUT2D eigenvalue weighted by Gasteiger charge is -2.09. The molecule has 5 heteroatoms. The predicted octanol–water partition coefficient (Wildman–Crippen LogP) is 4.87. The fourth-order valence-corrected chi connectivity index (χ4v) is 2.31. The molecule has 0 radical (unpaired) electrons. The Labute approximate surface area is 138 Å². The molecule has 0 saturated heterocycles. The minimum atomic E-state index is -0.550. The van der Waals surface area contributed by atoms with Crippen molar-refractivity contribution < 1.29 is 14.5 Å². The molecule has 0 fully saturated rings. The van der Waals surface area contributed by atoms with Gasteiger partial charge in [-0.15, -0.1) is 0 Å². The van der Waals surface area contributed by atoms with Gasteiger partial charge in [0.25, 0.3) is 5.69 Å². The van der Waals surface area contributed by atoms with Crippen LogP contribution in [-0.4, -0.2) is 11.2 Å². The second-order valence-electron chi connectivity index (χ2n) is 5.09. The summed E-state index contributed by atoms with van der Waals surface area (Å²) in [7, 11) is 0. The Kier molecular flexibility index (Phi) is 4.34. The molecule has 0 aliphatic carbocycles. The monoisotopic (exact) mass is 319 g/mol.